The number of carbonyl (C=O) groups is 1. The van der Waals surface area contributed by atoms with Crippen LogP contribution in [-0.4, -0.2) is 52.7 Å². The van der Waals surface area contributed by atoms with Gasteiger partial charge in [-0.25, -0.2) is 9.18 Å². The Bertz CT molecular complexity index is 871. The molecule has 4 rings (SSSR count). The number of alkyl carbamates (subject to hydrolysis) is 1. The van der Waals surface area contributed by atoms with Gasteiger partial charge >= 0.3 is 6.09 Å². The largest absolute Gasteiger partial charge is 0.454 e. The van der Waals surface area contributed by atoms with E-state index in [2.05, 4.69) is 10.2 Å². The number of rotatable bonds is 5. The minimum atomic E-state index is -0.458. The van der Waals surface area contributed by atoms with Crippen LogP contribution in [0.5, 0.6) is 11.5 Å². The number of nitrogens with one attached hydrogen (secondary N) is 2. The van der Waals surface area contributed by atoms with Gasteiger partial charge in [-0.1, -0.05) is 12.1 Å². The Morgan fingerprint density at radius 1 is 1.21 bits per heavy atom. The van der Waals surface area contributed by atoms with E-state index in [1.54, 1.807) is 6.07 Å². The van der Waals surface area contributed by atoms with E-state index in [1.165, 1.54) is 18.1 Å². The second-order valence-corrected chi connectivity index (χ2v) is 7.13. The third-order valence-electron chi connectivity index (χ3n) is 5.53. The molecule has 1 atom stereocenters. The summed E-state index contributed by atoms with van der Waals surface area (Å²) in [6.07, 6.45) is -0.458. The van der Waals surface area contributed by atoms with Gasteiger partial charge in [0.15, 0.2) is 11.5 Å². The van der Waals surface area contributed by atoms with Crippen LogP contribution in [-0.2, 0) is 4.74 Å². The van der Waals surface area contributed by atoms with Crippen molar-refractivity contribution in [3.8, 4) is 11.5 Å². The fraction of sp³-hybridized carbons (Fsp3) is 0.381. The highest BCUT2D eigenvalue weighted by Gasteiger charge is 2.31. The molecule has 29 heavy (non-hydrogen) atoms. The monoisotopic (exact) mass is 402 g/mol. The van der Waals surface area contributed by atoms with Gasteiger partial charge in [0.25, 0.3) is 0 Å². The highest BCUT2D eigenvalue weighted by molar-refractivity contribution is 5.66. The Labute approximate surface area is 168 Å². The second-order valence-electron chi connectivity index (χ2n) is 7.13. The predicted molar refractivity (Wildman–Crippen MR) is 105 cm³/mol. The van der Waals surface area contributed by atoms with Gasteiger partial charge in [0.2, 0.25) is 6.79 Å². The summed E-state index contributed by atoms with van der Waals surface area (Å²) in [5, 5.41) is 2.82. The summed E-state index contributed by atoms with van der Waals surface area (Å²) in [5.74, 6) is 1.25. The third kappa shape index (κ3) is 4.22. The summed E-state index contributed by atoms with van der Waals surface area (Å²) in [7, 11) is 1.35. The van der Waals surface area contributed by atoms with E-state index in [-0.39, 0.29) is 18.7 Å². The molecule has 2 aliphatic heterocycles. The maximum atomic E-state index is 14.1. The minimum absolute atomic E-state index is 0.0198. The van der Waals surface area contributed by atoms with E-state index in [4.69, 9.17) is 14.2 Å². The van der Waals surface area contributed by atoms with Crippen molar-refractivity contribution in [3.63, 3.8) is 0 Å². The number of hydrogen-bond donors (Lipinski definition) is 2. The Balaban J connectivity index is 1.49. The standard InChI is InChI=1S/C21H24FN3O4/c1-27-21(26)23-13-18(15-6-7-19-20(12-15)29-14-28-19)25-10-8-24(9-11-25)17-5-3-2-4-16(17)22/h2-7,12,18H,8-11,13-14H2,1H3,(H,23,26)/p+1/t18-/m0/s1. The Hall–Kier alpha value is -3.00. The van der Waals surface area contributed by atoms with Crippen molar-refractivity contribution in [3.05, 3.63) is 53.8 Å². The first kappa shape index (κ1) is 19.3. The Kier molecular flexibility index (Phi) is 5.71. The van der Waals surface area contributed by atoms with Gasteiger partial charge < -0.3 is 29.3 Å². The lowest BCUT2D eigenvalue weighted by molar-refractivity contribution is -0.931. The lowest BCUT2D eigenvalue weighted by atomic mass is 10.0. The van der Waals surface area contributed by atoms with Gasteiger partial charge in [-0.05, 0) is 30.3 Å². The molecule has 0 unspecified atom stereocenters. The van der Waals surface area contributed by atoms with E-state index in [9.17, 15) is 9.18 Å². The normalized spacial score (nSPS) is 17.1. The van der Waals surface area contributed by atoms with Crippen molar-refractivity contribution in [1.82, 2.24) is 5.32 Å². The predicted octanol–water partition coefficient (Wildman–Crippen LogP) is 1.36. The van der Waals surface area contributed by atoms with E-state index in [0.717, 1.165) is 43.2 Å². The summed E-state index contributed by atoms with van der Waals surface area (Å²) in [6.45, 7) is 3.75. The molecule has 2 aliphatic rings. The third-order valence-corrected chi connectivity index (χ3v) is 5.53. The molecule has 2 heterocycles. The molecular formula is C21H25FN3O4+. The summed E-state index contributed by atoms with van der Waals surface area (Å²) in [5.41, 5.74) is 1.69. The lowest BCUT2D eigenvalue weighted by Gasteiger charge is -2.37. The first-order chi connectivity index (χ1) is 14.2. The van der Waals surface area contributed by atoms with Gasteiger partial charge in [0.1, 0.15) is 11.9 Å². The Morgan fingerprint density at radius 3 is 2.72 bits per heavy atom. The number of para-hydroxylation sites is 1. The van der Waals surface area contributed by atoms with E-state index >= 15 is 0 Å². The van der Waals surface area contributed by atoms with Crippen molar-refractivity contribution in [2.75, 3.05) is 51.5 Å². The smallest absolute Gasteiger partial charge is 0.407 e. The van der Waals surface area contributed by atoms with Crippen molar-refractivity contribution < 1.29 is 28.3 Å². The van der Waals surface area contributed by atoms with Crippen molar-refractivity contribution >= 4 is 11.8 Å². The molecule has 1 fully saturated rings. The van der Waals surface area contributed by atoms with Crippen LogP contribution in [0.4, 0.5) is 14.9 Å². The number of anilines is 1. The fourth-order valence-corrected chi connectivity index (χ4v) is 3.98. The number of quaternary nitrogens is 1. The number of nitrogens with zero attached hydrogens (tertiary/aromatic N) is 1. The Morgan fingerprint density at radius 2 is 1.97 bits per heavy atom. The van der Waals surface area contributed by atoms with Crippen LogP contribution < -0.4 is 24.6 Å². The number of ether oxygens (including phenoxy) is 3. The molecule has 7 nitrogen and oxygen atoms in total. The number of halogens is 1. The molecule has 2 N–H and O–H groups in total. The van der Waals surface area contributed by atoms with E-state index in [0.29, 0.717) is 12.2 Å². The molecule has 1 saturated heterocycles. The van der Waals surface area contributed by atoms with Crippen LogP contribution in [0, 0.1) is 5.82 Å². The second kappa shape index (κ2) is 8.57. The van der Waals surface area contributed by atoms with Crippen molar-refractivity contribution in [2.24, 2.45) is 0 Å². The molecule has 0 aromatic heterocycles. The minimum Gasteiger partial charge on any atom is -0.454 e. The lowest BCUT2D eigenvalue weighted by Crippen LogP contribution is -3.15. The number of carbonyl (C=O) groups excluding carboxylic acids is 1. The fourth-order valence-electron chi connectivity index (χ4n) is 3.98. The van der Waals surface area contributed by atoms with Crippen molar-refractivity contribution in [1.29, 1.82) is 0 Å². The summed E-state index contributed by atoms with van der Waals surface area (Å²) in [6, 6.07) is 12.8. The van der Waals surface area contributed by atoms with Crippen LogP contribution in [0.3, 0.4) is 0 Å². The SMILES string of the molecule is COC(=O)NC[C@@H](c1ccc2c(c1)OCO2)[NH+]1CCN(c2ccccc2F)CC1. The number of benzene rings is 2. The highest BCUT2D eigenvalue weighted by atomic mass is 19.1. The van der Waals surface area contributed by atoms with Crippen LogP contribution in [0.25, 0.3) is 0 Å². The first-order valence-electron chi connectivity index (χ1n) is 9.71. The topological polar surface area (TPSA) is 64.5 Å². The first-order valence-corrected chi connectivity index (χ1v) is 9.71. The zero-order valence-corrected chi connectivity index (χ0v) is 16.3. The molecule has 0 aliphatic carbocycles. The number of amides is 1. The zero-order chi connectivity index (χ0) is 20.2. The van der Waals surface area contributed by atoms with Gasteiger partial charge in [-0.15, -0.1) is 0 Å². The molecule has 0 spiro atoms. The summed E-state index contributed by atoms with van der Waals surface area (Å²) < 4.78 is 29.8. The maximum absolute atomic E-state index is 14.1. The molecule has 8 heteroatoms. The van der Waals surface area contributed by atoms with Crippen molar-refractivity contribution in [2.45, 2.75) is 6.04 Å². The quantitative estimate of drug-likeness (QED) is 0.791. The number of methoxy groups -OCH3 is 1. The molecule has 0 radical (unpaired) electrons. The molecule has 0 bridgehead atoms. The van der Waals surface area contributed by atoms with Gasteiger partial charge in [0.05, 0.1) is 45.5 Å². The van der Waals surface area contributed by atoms with E-state index in [1.807, 2.05) is 30.3 Å². The van der Waals surface area contributed by atoms with Gasteiger partial charge in [-0.3, -0.25) is 0 Å². The van der Waals surface area contributed by atoms with Gasteiger partial charge in [-0.2, -0.15) is 0 Å². The molecule has 1 amide bonds. The maximum Gasteiger partial charge on any atom is 0.407 e. The average Bonchev–Trinajstić information content (AvgIpc) is 3.22. The molecular weight excluding hydrogens is 377 g/mol. The average molecular weight is 402 g/mol. The van der Waals surface area contributed by atoms with Crippen LogP contribution in [0.1, 0.15) is 11.6 Å². The van der Waals surface area contributed by atoms with Crippen LogP contribution >= 0.6 is 0 Å². The number of piperazine rings is 1. The number of hydrogen-bond acceptors (Lipinski definition) is 5. The zero-order valence-electron chi connectivity index (χ0n) is 16.3. The van der Waals surface area contributed by atoms with Crippen LogP contribution in [0.15, 0.2) is 42.5 Å². The molecule has 0 saturated carbocycles. The molecule has 2 aromatic rings. The highest BCUT2D eigenvalue weighted by Crippen LogP contribution is 2.33. The summed E-state index contributed by atoms with van der Waals surface area (Å²) in [4.78, 5) is 15.0. The van der Waals surface area contributed by atoms with E-state index < -0.39 is 6.09 Å². The molecule has 154 valence electrons. The number of fused-ring (bicyclic) bond motifs is 1. The van der Waals surface area contributed by atoms with Crippen LogP contribution in [0.2, 0.25) is 0 Å². The molecule has 2 aromatic carbocycles. The van der Waals surface area contributed by atoms with Gasteiger partial charge in [0, 0.05) is 5.56 Å². The summed E-state index contributed by atoms with van der Waals surface area (Å²) >= 11 is 0.